The summed E-state index contributed by atoms with van der Waals surface area (Å²) in [4.78, 5) is 20.7. The highest BCUT2D eigenvalue weighted by Gasteiger charge is 2.26. The van der Waals surface area contributed by atoms with E-state index in [0.717, 1.165) is 45.4 Å². The Bertz CT molecular complexity index is 722. The van der Waals surface area contributed by atoms with Gasteiger partial charge in [-0.25, -0.2) is 4.98 Å². The normalized spacial score (nSPS) is 21.8. The average Bonchev–Trinajstić information content (AvgIpc) is 3.26. The van der Waals surface area contributed by atoms with Gasteiger partial charge in [-0.15, -0.1) is 11.3 Å². The van der Waals surface area contributed by atoms with Crippen molar-refractivity contribution in [3.63, 3.8) is 0 Å². The highest BCUT2D eigenvalue weighted by molar-refractivity contribution is 7.10. The van der Waals surface area contributed by atoms with Crippen LogP contribution in [0.3, 0.4) is 0 Å². The van der Waals surface area contributed by atoms with Crippen molar-refractivity contribution in [2.45, 2.75) is 45.3 Å². The zero-order chi connectivity index (χ0) is 16.5. The predicted octanol–water partition coefficient (Wildman–Crippen LogP) is 2.07. The van der Waals surface area contributed by atoms with Crippen LogP contribution in [0, 0.1) is 5.92 Å². The molecule has 0 fully saturated rings. The van der Waals surface area contributed by atoms with E-state index in [-0.39, 0.29) is 11.8 Å². The van der Waals surface area contributed by atoms with Crippen LogP contribution in [-0.4, -0.2) is 39.5 Å². The second-order valence-corrected chi connectivity index (χ2v) is 7.95. The number of aryl methyl sites for hydroxylation is 1. The van der Waals surface area contributed by atoms with Gasteiger partial charge in [-0.1, -0.05) is 0 Å². The van der Waals surface area contributed by atoms with Crippen LogP contribution in [0.2, 0.25) is 0 Å². The van der Waals surface area contributed by atoms with Crippen molar-refractivity contribution in [3.8, 4) is 0 Å². The van der Waals surface area contributed by atoms with Crippen LogP contribution >= 0.6 is 11.3 Å². The Hall–Kier alpha value is -1.66. The molecule has 2 aliphatic heterocycles. The summed E-state index contributed by atoms with van der Waals surface area (Å²) in [5.41, 5.74) is 2.64. The number of hydrogen-bond acceptors (Lipinski definition) is 4. The van der Waals surface area contributed by atoms with Crippen LogP contribution in [0.15, 0.2) is 24.0 Å². The summed E-state index contributed by atoms with van der Waals surface area (Å²) in [5.74, 6) is 0.286. The molecule has 0 radical (unpaired) electrons. The number of carbonyl (C=O) groups excluding carboxylic acids is 1. The van der Waals surface area contributed by atoms with Crippen molar-refractivity contribution in [2.75, 3.05) is 13.1 Å². The number of thiophene rings is 1. The molecule has 2 aromatic rings. The van der Waals surface area contributed by atoms with Crippen molar-refractivity contribution < 1.29 is 4.79 Å². The van der Waals surface area contributed by atoms with Crippen molar-refractivity contribution in [1.82, 2.24) is 19.8 Å². The lowest BCUT2D eigenvalue weighted by Gasteiger charge is -2.33. The third-order valence-corrected chi connectivity index (χ3v) is 6.40. The van der Waals surface area contributed by atoms with E-state index in [4.69, 9.17) is 0 Å². The van der Waals surface area contributed by atoms with Crippen LogP contribution in [-0.2, 0) is 30.7 Å². The molecule has 0 aliphatic carbocycles. The molecular weight excluding hydrogens is 320 g/mol. The molecule has 128 valence electrons. The molecule has 6 heteroatoms. The minimum Gasteiger partial charge on any atom is -0.354 e. The fourth-order valence-electron chi connectivity index (χ4n) is 3.76. The maximum absolute atomic E-state index is 12.5. The van der Waals surface area contributed by atoms with Crippen LogP contribution in [0.4, 0.5) is 0 Å². The molecule has 0 bridgehead atoms. The number of rotatable bonds is 4. The molecule has 2 unspecified atom stereocenters. The number of carbonyl (C=O) groups is 1. The first-order valence-corrected chi connectivity index (χ1v) is 9.64. The minimum absolute atomic E-state index is 0.0891. The SMILES string of the molecule is CC(CNC(=O)C1CCn2cncc2C1)N1CCc2sccc2C1. The number of imidazole rings is 1. The Balaban J connectivity index is 1.28. The lowest BCUT2D eigenvalue weighted by Crippen LogP contribution is -2.46. The minimum atomic E-state index is 0.0891. The van der Waals surface area contributed by atoms with Gasteiger partial charge in [0.25, 0.3) is 0 Å². The zero-order valence-electron chi connectivity index (χ0n) is 14.1. The van der Waals surface area contributed by atoms with Crippen LogP contribution < -0.4 is 5.32 Å². The molecular formula is C18H24N4OS. The van der Waals surface area contributed by atoms with Gasteiger partial charge < -0.3 is 9.88 Å². The maximum atomic E-state index is 12.5. The van der Waals surface area contributed by atoms with Gasteiger partial charge >= 0.3 is 0 Å². The molecule has 0 aromatic carbocycles. The zero-order valence-corrected chi connectivity index (χ0v) is 14.9. The van der Waals surface area contributed by atoms with E-state index >= 15 is 0 Å². The number of hydrogen-bond donors (Lipinski definition) is 1. The van der Waals surface area contributed by atoms with Gasteiger partial charge in [-0.3, -0.25) is 9.69 Å². The summed E-state index contributed by atoms with van der Waals surface area (Å²) in [7, 11) is 0. The lowest BCUT2D eigenvalue weighted by atomic mass is 9.95. The number of aromatic nitrogens is 2. The number of amides is 1. The average molecular weight is 344 g/mol. The van der Waals surface area contributed by atoms with Crippen molar-refractivity contribution in [3.05, 3.63) is 40.1 Å². The second-order valence-electron chi connectivity index (χ2n) is 6.95. The summed E-state index contributed by atoms with van der Waals surface area (Å²) >= 11 is 1.87. The Morgan fingerprint density at radius 2 is 2.42 bits per heavy atom. The Morgan fingerprint density at radius 3 is 3.33 bits per heavy atom. The molecule has 0 saturated carbocycles. The summed E-state index contributed by atoms with van der Waals surface area (Å²) in [6, 6.07) is 2.61. The first-order chi connectivity index (χ1) is 11.7. The van der Waals surface area contributed by atoms with E-state index in [2.05, 4.69) is 38.1 Å². The van der Waals surface area contributed by atoms with Gasteiger partial charge in [0.05, 0.1) is 6.33 Å². The number of fused-ring (bicyclic) bond motifs is 2. The van der Waals surface area contributed by atoms with Gasteiger partial charge in [-0.05, 0) is 36.8 Å². The second kappa shape index (κ2) is 6.69. The van der Waals surface area contributed by atoms with Crippen LogP contribution in [0.5, 0.6) is 0 Å². The largest absolute Gasteiger partial charge is 0.354 e. The van der Waals surface area contributed by atoms with Crippen molar-refractivity contribution >= 4 is 17.2 Å². The van der Waals surface area contributed by atoms with E-state index < -0.39 is 0 Å². The van der Waals surface area contributed by atoms with Crippen molar-refractivity contribution in [1.29, 1.82) is 0 Å². The quantitative estimate of drug-likeness (QED) is 0.924. The van der Waals surface area contributed by atoms with E-state index in [9.17, 15) is 4.79 Å². The fourth-order valence-corrected chi connectivity index (χ4v) is 4.65. The van der Waals surface area contributed by atoms with E-state index in [1.165, 1.54) is 16.1 Å². The summed E-state index contributed by atoms with van der Waals surface area (Å²) in [5, 5.41) is 5.37. The van der Waals surface area contributed by atoms with Gasteiger partial charge in [0, 0.05) is 61.3 Å². The van der Waals surface area contributed by atoms with Gasteiger partial charge in [0.1, 0.15) is 0 Å². The Morgan fingerprint density at radius 1 is 1.50 bits per heavy atom. The standard InChI is InChI=1S/C18H24N4OS/c1-13(21-6-3-17-15(11-21)4-7-24-17)9-20-18(23)14-2-5-22-12-19-10-16(22)8-14/h4,7,10,12-14H,2-3,5-6,8-9,11H2,1H3,(H,20,23). The monoisotopic (exact) mass is 344 g/mol. The molecule has 1 amide bonds. The summed E-state index contributed by atoms with van der Waals surface area (Å²) in [6.07, 6.45) is 6.60. The molecule has 5 nitrogen and oxygen atoms in total. The molecule has 2 aromatic heterocycles. The Labute approximate surface area is 146 Å². The molecule has 0 spiro atoms. The van der Waals surface area contributed by atoms with Crippen LogP contribution in [0.1, 0.15) is 29.5 Å². The number of nitrogens with one attached hydrogen (secondary N) is 1. The first kappa shape index (κ1) is 15.8. The molecule has 0 saturated heterocycles. The maximum Gasteiger partial charge on any atom is 0.223 e. The topological polar surface area (TPSA) is 50.2 Å². The third kappa shape index (κ3) is 3.13. The Kier molecular flexibility index (Phi) is 4.41. The summed E-state index contributed by atoms with van der Waals surface area (Å²) in [6.45, 7) is 5.95. The molecule has 1 N–H and O–H groups in total. The molecule has 24 heavy (non-hydrogen) atoms. The van der Waals surface area contributed by atoms with Gasteiger partial charge in [0.15, 0.2) is 0 Å². The van der Waals surface area contributed by atoms with Gasteiger partial charge in [0.2, 0.25) is 5.91 Å². The highest BCUT2D eigenvalue weighted by atomic mass is 32.1. The molecule has 4 rings (SSSR count). The van der Waals surface area contributed by atoms with Gasteiger partial charge in [-0.2, -0.15) is 0 Å². The highest BCUT2D eigenvalue weighted by Crippen LogP contribution is 2.25. The molecule has 4 heterocycles. The molecule has 2 aliphatic rings. The number of nitrogens with zero attached hydrogens (tertiary/aromatic N) is 3. The summed E-state index contributed by atoms with van der Waals surface area (Å²) < 4.78 is 2.15. The molecule has 2 atom stereocenters. The van der Waals surface area contributed by atoms with E-state index in [0.29, 0.717) is 6.04 Å². The third-order valence-electron chi connectivity index (χ3n) is 5.38. The lowest BCUT2D eigenvalue weighted by molar-refractivity contribution is -0.125. The first-order valence-electron chi connectivity index (χ1n) is 8.76. The van der Waals surface area contributed by atoms with E-state index in [1.807, 2.05) is 23.9 Å². The van der Waals surface area contributed by atoms with Crippen molar-refractivity contribution in [2.24, 2.45) is 5.92 Å². The van der Waals surface area contributed by atoms with Crippen LogP contribution in [0.25, 0.3) is 0 Å². The fraction of sp³-hybridized carbons (Fsp3) is 0.556. The predicted molar refractivity (Wildman–Crippen MR) is 94.9 cm³/mol. The van der Waals surface area contributed by atoms with E-state index in [1.54, 1.807) is 0 Å². The smallest absolute Gasteiger partial charge is 0.223 e.